The van der Waals surface area contributed by atoms with Crippen molar-refractivity contribution < 1.29 is 33.5 Å². The van der Waals surface area contributed by atoms with Crippen molar-refractivity contribution in [1.82, 2.24) is 25.8 Å². The van der Waals surface area contributed by atoms with Crippen molar-refractivity contribution in [2.24, 2.45) is 32.6 Å². The van der Waals surface area contributed by atoms with Crippen LogP contribution in [-0.4, -0.2) is 102 Å². The molecule has 0 aromatic heterocycles. The van der Waals surface area contributed by atoms with Crippen LogP contribution in [0, 0.1) is 5.92 Å². The number of rotatable bonds is 19. The summed E-state index contributed by atoms with van der Waals surface area (Å²) in [5, 5.41) is 19.5. The number of ether oxygens (including phenoxy) is 1. The molecule has 18 nitrogen and oxygen atoms in total. The maximum atomic E-state index is 13.6. The van der Waals surface area contributed by atoms with Crippen LogP contribution in [0.2, 0.25) is 0 Å². The Bertz CT molecular complexity index is 2040. The number of likely N-dealkylation sites (tertiary alicyclic amines) is 2. The molecular weight excluding hydrogens is 795 g/mol. The molecule has 0 unspecified atom stereocenters. The number of nitrogens with two attached hydrogens (primary N) is 2. The number of hydrogen-bond donors (Lipinski definition) is 6. The zero-order valence-corrected chi connectivity index (χ0v) is 35.2. The Morgan fingerprint density at radius 3 is 1.95 bits per heavy atom. The van der Waals surface area contributed by atoms with Gasteiger partial charge in [0.25, 0.3) is 0 Å². The number of nitrogens with one attached hydrogen (secondary N) is 4. The van der Waals surface area contributed by atoms with E-state index in [1.165, 1.54) is 9.80 Å². The molecule has 5 rings (SSSR count). The van der Waals surface area contributed by atoms with Crippen molar-refractivity contribution in [2.45, 2.75) is 89.6 Å². The molecule has 330 valence electrons. The molecule has 18 heteroatoms. The molecule has 2 aliphatic heterocycles. The third-order valence-electron chi connectivity index (χ3n) is 10.4. The Hall–Kier alpha value is -6.85. The highest BCUT2D eigenvalue weighted by atomic mass is 16.6. The van der Waals surface area contributed by atoms with E-state index in [2.05, 4.69) is 36.5 Å². The monoisotopic (exact) mass is 851 g/mol. The number of hydrogen-bond acceptors (Lipinski definition) is 10. The molecule has 0 saturated carbocycles. The van der Waals surface area contributed by atoms with Gasteiger partial charge in [-0.15, -0.1) is 0 Å². The average molecular weight is 852 g/mol. The number of nitrogens with zero attached hydrogens (tertiary/aromatic N) is 5. The van der Waals surface area contributed by atoms with Gasteiger partial charge in [0, 0.05) is 25.3 Å². The first-order chi connectivity index (χ1) is 29.9. The fraction of sp³-hybridized carbons (Fsp3) is 0.432. The molecule has 3 aromatic carbocycles. The minimum atomic E-state index is -0.994. The van der Waals surface area contributed by atoms with E-state index >= 15 is 0 Å². The van der Waals surface area contributed by atoms with E-state index in [0.29, 0.717) is 50.0 Å². The van der Waals surface area contributed by atoms with Crippen LogP contribution in [0.25, 0.3) is 0 Å². The summed E-state index contributed by atoms with van der Waals surface area (Å²) in [5.74, 6) is -2.57. The minimum absolute atomic E-state index is 0.00393. The van der Waals surface area contributed by atoms with Crippen molar-refractivity contribution in [3.05, 3.63) is 90.5 Å². The lowest BCUT2D eigenvalue weighted by Gasteiger charge is -2.28. The number of anilines is 1. The van der Waals surface area contributed by atoms with Crippen LogP contribution in [0.4, 0.5) is 21.9 Å². The summed E-state index contributed by atoms with van der Waals surface area (Å²) in [4.78, 5) is 87.5. The Morgan fingerprint density at radius 2 is 1.32 bits per heavy atom. The lowest BCUT2D eigenvalue weighted by Crippen LogP contribution is -2.55. The quantitative estimate of drug-likeness (QED) is 0.0440. The molecule has 0 bridgehead atoms. The van der Waals surface area contributed by atoms with Crippen LogP contribution in [0.3, 0.4) is 0 Å². The van der Waals surface area contributed by atoms with Gasteiger partial charge >= 0.3 is 6.09 Å². The third-order valence-corrected chi connectivity index (χ3v) is 10.4. The number of para-hydroxylation sites is 1. The van der Waals surface area contributed by atoms with Crippen molar-refractivity contribution in [3.63, 3.8) is 0 Å². The second-order valence-electron chi connectivity index (χ2n) is 15.6. The molecule has 2 aliphatic rings. The highest BCUT2D eigenvalue weighted by Gasteiger charge is 2.38. The number of carbonyl (C=O) groups is 6. The third kappa shape index (κ3) is 14.1. The second-order valence-corrected chi connectivity index (χ2v) is 15.6. The number of amides is 6. The zero-order chi connectivity index (χ0) is 44.4. The maximum Gasteiger partial charge on any atom is 0.410 e. The summed E-state index contributed by atoms with van der Waals surface area (Å²) in [5.41, 5.74) is 13.5. The molecule has 0 radical (unpaired) electrons. The van der Waals surface area contributed by atoms with Gasteiger partial charge in [-0.1, -0.05) is 62.4 Å². The Balaban J connectivity index is 1.12. The molecule has 2 fully saturated rings. The Labute approximate surface area is 361 Å². The topological polar surface area (TPSA) is 255 Å². The Morgan fingerprint density at radius 1 is 0.742 bits per heavy atom. The van der Waals surface area contributed by atoms with Crippen LogP contribution in [0.5, 0.6) is 0 Å². The summed E-state index contributed by atoms with van der Waals surface area (Å²) in [6.07, 6.45) is 2.14. The van der Waals surface area contributed by atoms with Gasteiger partial charge in [0.1, 0.15) is 30.8 Å². The largest absolute Gasteiger partial charge is 0.445 e. The van der Waals surface area contributed by atoms with Gasteiger partial charge in [-0.3, -0.25) is 33.9 Å². The standard InChI is InChI=1S/C44H57N11O7/c1-29(2)26-35(51-42(60)37-18-11-25-55(37)44(61)62-28-30-19-21-33(22-20-30)53-52-32-14-7-4-8-15-32)39(57)48-27-38(56)54-24-10-17-36(54)41(59)50-34(16-9-23-47-43(45)46)40(58)49-31-12-5-3-6-13-31/h3-8,12-15,19-22,29,34-37H,9-11,16-18,23-28H2,1-2H3,(H,48,57)(H,49,58)(H,50,59)(H,51,60)(H4,45,46,47)/t34-,35-,36-,37-/m0/s1. The Kier molecular flexibility index (Phi) is 17.3. The second kappa shape index (κ2) is 23.2. The van der Waals surface area contributed by atoms with Crippen LogP contribution in [-0.2, 0) is 35.3 Å². The summed E-state index contributed by atoms with van der Waals surface area (Å²) >= 11 is 0. The van der Waals surface area contributed by atoms with Gasteiger partial charge in [-0.25, -0.2) is 4.79 Å². The molecule has 62 heavy (non-hydrogen) atoms. The molecule has 4 atom stereocenters. The van der Waals surface area contributed by atoms with Crippen LogP contribution in [0.1, 0.15) is 64.4 Å². The number of azo groups is 1. The van der Waals surface area contributed by atoms with E-state index in [0.717, 1.165) is 11.3 Å². The highest BCUT2D eigenvalue weighted by Crippen LogP contribution is 2.23. The van der Waals surface area contributed by atoms with E-state index in [1.54, 1.807) is 48.5 Å². The van der Waals surface area contributed by atoms with Gasteiger partial charge in [-0.05, 0) is 92.8 Å². The molecule has 2 heterocycles. The van der Waals surface area contributed by atoms with Crippen molar-refractivity contribution in [3.8, 4) is 0 Å². The van der Waals surface area contributed by atoms with E-state index < -0.39 is 66.3 Å². The van der Waals surface area contributed by atoms with Gasteiger partial charge in [0.15, 0.2) is 5.96 Å². The fourth-order valence-corrected chi connectivity index (χ4v) is 7.24. The number of guanidine groups is 1. The highest BCUT2D eigenvalue weighted by molar-refractivity contribution is 5.99. The summed E-state index contributed by atoms with van der Waals surface area (Å²) < 4.78 is 5.57. The lowest BCUT2D eigenvalue weighted by molar-refractivity contribution is -0.139. The van der Waals surface area contributed by atoms with E-state index in [1.807, 2.05) is 50.2 Å². The zero-order valence-electron chi connectivity index (χ0n) is 35.2. The number of aliphatic imine (C=N–C) groups is 1. The average Bonchev–Trinajstić information content (AvgIpc) is 3.97. The maximum absolute atomic E-state index is 13.6. The normalized spacial score (nSPS) is 17.0. The first-order valence-electron chi connectivity index (χ1n) is 21.0. The SMILES string of the molecule is CC(C)C[C@H](NC(=O)[C@@H]1CCCN1C(=O)OCc1ccc(N=Nc2ccccc2)cc1)C(=O)NCC(=O)N1CCC[C@H]1C(=O)N[C@@H](CCCN=C(N)N)C(=O)Nc1ccccc1. The molecule has 6 amide bonds. The fourth-order valence-electron chi connectivity index (χ4n) is 7.24. The molecule has 0 spiro atoms. The predicted octanol–water partition coefficient (Wildman–Crippen LogP) is 4.02. The number of carbonyl (C=O) groups excluding carboxylic acids is 6. The number of benzene rings is 3. The summed E-state index contributed by atoms with van der Waals surface area (Å²) in [7, 11) is 0. The smallest absolute Gasteiger partial charge is 0.410 e. The van der Waals surface area contributed by atoms with Crippen LogP contribution < -0.4 is 32.7 Å². The molecule has 3 aromatic rings. The van der Waals surface area contributed by atoms with Crippen molar-refractivity contribution in [1.29, 1.82) is 0 Å². The molecule has 0 aliphatic carbocycles. The first kappa shape index (κ1) is 46.2. The van der Waals surface area contributed by atoms with Crippen molar-refractivity contribution >= 4 is 58.7 Å². The van der Waals surface area contributed by atoms with Gasteiger partial charge in [-0.2, -0.15) is 10.2 Å². The lowest BCUT2D eigenvalue weighted by atomic mass is 10.0. The van der Waals surface area contributed by atoms with E-state index in [-0.39, 0.29) is 44.4 Å². The van der Waals surface area contributed by atoms with Gasteiger partial charge in [0.2, 0.25) is 29.5 Å². The minimum Gasteiger partial charge on any atom is -0.445 e. The molecular formula is C44H57N11O7. The van der Waals surface area contributed by atoms with E-state index in [4.69, 9.17) is 16.2 Å². The predicted molar refractivity (Wildman–Crippen MR) is 233 cm³/mol. The van der Waals surface area contributed by atoms with Crippen molar-refractivity contribution in [2.75, 3.05) is 31.5 Å². The summed E-state index contributed by atoms with van der Waals surface area (Å²) in [6, 6.07) is 21.6. The molecule has 8 N–H and O–H groups in total. The van der Waals surface area contributed by atoms with Crippen LogP contribution >= 0.6 is 0 Å². The molecule has 2 saturated heterocycles. The summed E-state index contributed by atoms with van der Waals surface area (Å²) in [6.45, 7) is 4.22. The van der Waals surface area contributed by atoms with Gasteiger partial charge in [0.05, 0.1) is 17.9 Å². The van der Waals surface area contributed by atoms with Gasteiger partial charge < -0.3 is 42.4 Å². The van der Waals surface area contributed by atoms with E-state index in [9.17, 15) is 28.8 Å². The van der Waals surface area contributed by atoms with Crippen LogP contribution in [0.15, 0.2) is 100 Å². The first-order valence-corrected chi connectivity index (χ1v) is 21.0.